The van der Waals surface area contributed by atoms with Crippen LogP contribution in [0.3, 0.4) is 0 Å². The van der Waals surface area contributed by atoms with E-state index in [4.69, 9.17) is 5.73 Å². The Morgan fingerprint density at radius 1 is 1.22 bits per heavy atom. The van der Waals surface area contributed by atoms with E-state index in [9.17, 15) is 4.79 Å². The molecule has 3 N–H and O–H groups in total. The Bertz CT molecular complexity index is 782. The van der Waals surface area contributed by atoms with Gasteiger partial charge >= 0.3 is 0 Å². The Labute approximate surface area is 186 Å². The summed E-state index contributed by atoms with van der Waals surface area (Å²) in [5, 5.41) is 3.06. The van der Waals surface area contributed by atoms with Gasteiger partial charge in [-0.05, 0) is 35.7 Å². The number of aliphatic imine (C=N–C) groups is 1. The number of nitrogens with zero attached hydrogens (tertiary/aromatic N) is 2. The van der Waals surface area contributed by atoms with E-state index in [0.29, 0.717) is 25.5 Å². The maximum Gasteiger partial charge on any atom is 0.224 e. The molecule has 0 unspecified atom stereocenters. The van der Waals surface area contributed by atoms with E-state index in [1.165, 1.54) is 5.56 Å². The van der Waals surface area contributed by atoms with Crippen LogP contribution in [0.15, 0.2) is 58.0 Å². The molecule has 0 saturated carbocycles. The van der Waals surface area contributed by atoms with Crippen LogP contribution < -0.4 is 11.1 Å². The smallest absolute Gasteiger partial charge is 0.224 e. The second kappa shape index (κ2) is 12.0. The summed E-state index contributed by atoms with van der Waals surface area (Å²) >= 11 is 3.50. The fraction of sp³-hybridized carbons (Fsp3) is 0.300. The number of guanidine groups is 1. The number of anilines is 1. The van der Waals surface area contributed by atoms with Crippen molar-refractivity contribution in [2.75, 3.05) is 18.9 Å². The first-order chi connectivity index (χ1) is 12.5. The zero-order valence-electron chi connectivity index (χ0n) is 15.6. The predicted molar refractivity (Wildman–Crippen MR) is 127 cm³/mol. The molecule has 0 bridgehead atoms. The molecule has 1 amide bonds. The molecule has 27 heavy (non-hydrogen) atoms. The monoisotopic (exact) mass is 544 g/mol. The molecule has 0 radical (unpaired) electrons. The number of carbonyl (C=O) groups excluding carboxylic acids is 1. The van der Waals surface area contributed by atoms with Crippen LogP contribution in [-0.2, 0) is 17.8 Å². The van der Waals surface area contributed by atoms with Crippen LogP contribution in [-0.4, -0.2) is 30.4 Å². The maximum absolute atomic E-state index is 12.3. The fourth-order valence-electron chi connectivity index (χ4n) is 2.49. The molecule has 5 nitrogen and oxygen atoms in total. The average molecular weight is 545 g/mol. The van der Waals surface area contributed by atoms with Crippen molar-refractivity contribution in [2.45, 2.75) is 26.3 Å². The summed E-state index contributed by atoms with van der Waals surface area (Å²) in [6.45, 7) is 3.01. The third-order valence-electron chi connectivity index (χ3n) is 4.01. The van der Waals surface area contributed by atoms with Crippen molar-refractivity contribution in [3.05, 3.63) is 64.1 Å². The first-order valence-corrected chi connectivity index (χ1v) is 9.42. The molecule has 146 valence electrons. The van der Waals surface area contributed by atoms with Gasteiger partial charge in [0.05, 0.1) is 6.54 Å². The number of rotatable bonds is 7. The SMILES string of the molecule is CCc1cccc(NC(N)=NCCC(=O)N(C)Cc2ccccc2Br)c1.I. The van der Waals surface area contributed by atoms with E-state index >= 15 is 0 Å². The lowest BCUT2D eigenvalue weighted by Crippen LogP contribution is -2.28. The third-order valence-corrected chi connectivity index (χ3v) is 4.78. The van der Waals surface area contributed by atoms with Crippen molar-refractivity contribution in [1.29, 1.82) is 0 Å². The van der Waals surface area contributed by atoms with Gasteiger partial charge in [-0.15, -0.1) is 24.0 Å². The summed E-state index contributed by atoms with van der Waals surface area (Å²) in [5.41, 5.74) is 9.12. The van der Waals surface area contributed by atoms with Gasteiger partial charge in [0.2, 0.25) is 5.91 Å². The number of carbonyl (C=O) groups is 1. The van der Waals surface area contributed by atoms with Crippen LogP contribution in [0.4, 0.5) is 5.69 Å². The first-order valence-electron chi connectivity index (χ1n) is 8.63. The Hall–Kier alpha value is -1.61. The molecular weight excluding hydrogens is 519 g/mol. The Morgan fingerprint density at radius 2 is 1.96 bits per heavy atom. The van der Waals surface area contributed by atoms with Crippen molar-refractivity contribution in [1.82, 2.24) is 4.90 Å². The highest BCUT2D eigenvalue weighted by molar-refractivity contribution is 14.0. The molecule has 2 rings (SSSR count). The molecule has 0 atom stereocenters. The van der Waals surface area contributed by atoms with E-state index < -0.39 is 0 Å². The zero-order chi connectivity index (χ0) is 18.9. The van der Waals surface area contributed by atoms with Gasteiger partial charge in [-0.2, -0.15) is 0 Å². The van der Waals surface area contributed by atoms with Gasteiger partial charge < -0.3 is 16.0 Å². The van der Waals surface area contributed by atoms with Crippen molar-refractivity contribution in [2.24, 2.45) is 10.7 Å². The zero-order valence-corrected chi connectivity index (χ0v) is 19.5. The third kappa shape index (κ3) is 7.88. The highest BCUT2D eigenvalue weighted by Gasteiger charge is 2.10. The number of hydrogen-bond acceptors (Lipinski definition) is 2. The van der Waals surface area contributed by atoms with Gasteiger partial charge in [0, 0.05) is 30.2 Å². The Kier molecular flexibility index (Phi) is 10.4. The van der Waals surface area contributed by atoms with E-state index in [0.717, 1.165) is 22.1 Å². The molecule has 7 heteroatoms. The largest absolute Gasteiger partial charge is 0.370 e. The number of nitrogens with two attached hydrogens (primary N) is 1. The van der Waals surface area contributed by atoms with Crippen molar-refractivity contribution in [3.63, 3.8) is 0 Å². The minimum Gasteiger partial charge on any atom is -0.370 e. The maximum atomic E-state index is 12.3. The minimum atomic E-state index is 0. The van der Waals surface area contributed by atoms with Gasteiger partial charge in [-0.1, -0.05) is 53.2 Å². The standard InChI is InChI=1S/C20H25BrN4O.HI/c1-3-15-7-6-9-17(13-15)24-20(22)23-12-11-19(26)25(2)14-16-8-4-5-10-18(16)21;/h4-10,13H,3,11-12,14H2,1-2H3,(H3,22,23,24);1H. The van der Waals surface area contributed by atoms with Crippen molar-refractivity contribution in [3.8, 4) is 0 Å². The van der Waals surface area contributed by atoms with Gasteiger partial charge in [0.15, 0.2) is 5.96 Å². The van der Waals surface area contributed by atoms with Gasteiger partial charge in [-0.25, -0.2) is 0 Å². The van der Waals surface area contributed by atoms with Crippen LogP contribution in [0, 0.1) is 0 Å². The Balaban J connectivity index is 0.00000364. The van der Waals surface area contributed by atoms with Gasteiger partial charge in [0.1, 0.15) is 0 Å². The normalized spacial score (nSPS) is 10.9. The van der Waals surface area contributed by atoms with Crippen LogP contribution in [0.2, 0.25) is 0 Å². The van der Waals surface area contributed by atoms with Crippen molar-refractivity contribution < 1.29 is 4.79 Å². The summed E-state index contributed by atoms with van der Waals surface area (Å²) in [6.07, 6.45) is 1.28. The number of hydrogen-bond donors (Lipinski definition) is 2. The lowest BCUT2D eigenvalue weighted by Gasteiger charge is -2.17. The van der Waals surface area contributed by atoms with E-state index in [-0.39, 0.29) is 29.9 Å². The molecule has 0 aliphatic rings. The first kappa shape index (κ1) is 23.4. The molecule has 0 saturated heterocycles. The number of benzene rings is 2. The van der Waals surface area contributed by atoms with Gasteiger partial charge in [0.25, 0.3) is 0 Å². The molecule has 0 aliphatic carbocycles. The van der Waals surface area contributed by atoms with E-state index in [1.807, 2.05) is 42.5 Å². The van der Waals surface area contributed by atoms with Crippen LogP contribution in [0.25, 0.3) is 0 Å². The molecule has 0 heterocycles. The lowest BCUT2D eigenvalue weighted by atomic mass is 10.1. The highest BCUT2D eigenvalue weighted by Crippen LogP contribution is 2.17. The second-order valence-corrected chi connectivity index (χ2v) is 6.89. The summed E-state index contributed by atoms with van der Waals surface area (Å²) < 4.78 is 1.00. The fourth-order valence-corrected chi connectivity index (χ4v) is 2.90. The van der Waals surface area contributed by atoms with Crippen LogP contribution >= 0.6 is 39.9 Å². The minimum absolute atomic E-state index is 0. The lowest BCUT2D eigenvalue weighted by molar-refractivity contribution is -0.130. The quantitative estimate of drug-likeness (QED) is 0.308. The molecule has 2 aromatic carbocycles. The number of nitrogens with one attached hydrogen (secondary N) is 1. The van der Waals surface area contributed by atoms with Crippen LogP contribution in [0.1, 0.15) is 24.5 Å². The molecule has 0 aromatic heterocycles. The summed E-state index contributed by atoms with van der Waals surface area (Å²) in [6, 6.07) is 15.9. The molecule has 2 aromatic rings. The predicted octanol–water partition coefficient (Wildman–Crippen LogP) is 4.40. The van der Waals surface area contributed by atoms with Crippen LogP contribution in [0.5, 0.6) is 0 Å². The molecule has 0 aliphatic heterocycles. The summed E-state index contributed by atoms with van der Waals surface area (Å²) in [7, 11) is 1.79. The van der Waals surface area contributed by atoms with Crippen molar-refractivity contribution >= 4 is 57.5 Å². The topological polar surface area (TPSA) is 70.7 Å². The second-order valence-electron chi connectivity index (χ2n) is 6.04. The number of aryl methyl sites for hydroxylation is 1. The summed E-state index contributed by atoms with van der Waals surface area (Å²) in [4.78, 5) is 18.2. The van der Waals surface area contributed by atoms with Gasteiger partial charge in [-0.3, -0.25) is 9.79 Å². The highest BCUT2D eigenvalue weighted by atomic mass is 127. The molecular formula is C20H26BrIN4O. The molecule has 0 spiro atoms. The van der Waals surface area contributed by atoms with E-state index in [1.54, 1.807) is 11.9 Å². The number of halogens is 2. The number of amides is 1. The summed E-state index contributed by atoms with van der Waals surface area (Å²) in [5.74, 6) is 0.352. The van der Waals surface area contributed by atoms with E-state index in [2.05, 4.69) is 39.2 Å². The Morgan fingerprint density at radius 3 is 2.67 bits per heavy atom. The average Bonchev–Trinajstić information content (AvgIpc) is 2.63. The molecule has 0 fully saturated rings.